The summed E-state index contributed by atoms with van der Waals surface area (Å²) in [5.41, 5.74) is 2.12. The number of hydrogen-bond acceptors (Lipinski definition) is 3. The van der Waals surface area contributed by atoms with Crippen LogP contribution in [0.5, 0.6) is 0 Å². The van der Waals surface area contributed by atoms with E-state index in [1.807, 2.05) is 65.1 Å². The molecule has 3 aromatic rings. The summed E-state index contributed by atoms with van der Waals surface area (Å²) in [7, 11) is 0. The van der Waals surface area contributed by atoms with E-state index in [0.717, 1.165) is 48.8 Å². The Hall–Kier alpha value is -2.95. The lowest BCUT2D eigenvalue weighted by Gasteiger charge is -2.32. The van der Waals surface area contributed by atoms with Crippen molar-refractivity contribution in [1.29, 1.82) is 0 Å². The molecule has 5 heteroatoms. The molecule has 138 valence electrons. The Bertz CT molecular complexity index is 919. The Morgan fingerprint density at radius 3 is 2.78 bits per heavy atom. The van der Waals surface area contributed by atoms with Crippen LogP contribution in [0.2, 0.25) is 0 Å². The molecule has 1 aliphatic rings. The lowest BCUT2D eigenvalue weighted by Crippen LogP contribution is -2.40. The van der Waals surface area contributed by atoms with E-state index in [0.29, 0.717) is 6.42 Å². The van der Waals surface area contributed by atoms with E-state index in [9.17, 15) is 4.79 Å². The zero-order valence-electron chi connectivity index (χ0n) is 15.6. The molecule has 0 bridgehead atoms. The summed E-state index contributed by atoms with van der Waals surface area (Å²) >= 11 is 0. The maximum Gasteiger partial charge on any atom is 0.227 e. The molecular formula is C22H24N4O. The molecule has 0 N–H and O–H groups in total. The van der Waals surface area contributed by atoms with Gasteiger partial charge in [0.05, 0.1) is 6.42 Å². The van der Waals surface area contributed by atoms with Gasteiger partial charge in [-0.25, -0.2) is 9.97 Å². The van der Waals surface area contributed by atoms with Crippen molar-refractivity contribution < 1.29 is 4.79 Å². The van der Waals surface area contributed by atoms with Crippen LogP contribution in [0.15, 0.2) is 60.9 Å². The van der Waals surface area contributed by atoms with Crippen molar-refractivity contribution in [2.24, 2.45) is 0 Å². The average Bonchev–Trinajstić information content (AvgIpc) is 3.15. The third-order valence-electron chi connectivity index (χ3n) is 5.22. The van der Waals surface area contributed by atoms with E-state index < -0.39 is 0 Å². The predicted molar refractivity (Wildman–Crippen MR) is 105 cm³/mol. The molecule has 1 saturated heterocycles. The second-order valence-corrected chi connectivity index (χ2v) is 7.11. The SMILES string of the molecule is Cc1nccn1-c1cccc([C@H]2CCCN(C(=O)Cc3ccccc3)C2)n1. The molecule has 0 aliphatic carbocycles. The van der Waals surface area contributed by atoms with E-state index in [-0.39, 0.29) is 11.8 Å². The molecule has 1 atom stereocenters. The number of benzene rings is 1. The van der Waals surface area contributed by atoms with Crippen molar-refractivity contribution in [1.82, 2.24) is 19.4 Å². The number of hydrogen-bond donors (Lipinski definition) is 0. The maximum atomic E-state index is 12.7. The van der Waals surface area contributed by atoms with E-state index in [1.54, 1.807) is 6.20 Å². The van der Waals surface area contributed by atoms with Gasteiger partial charge in [-0.15, -0.1) is 0 Å². The van der Waals surface area contributed by atoms with Crippen LogP contribution in [0.3, 0.4) is 0 Å². The second-order valence-electron chi connectivity index (χ2n) is 7.11. The van der Waals surface area contributed by atoms with Crippen LogP contribution in [0.25, 0.3) is 5.82 Å². The number of nitrogens with zero attached hydrogens (tertiary/aromatic N) is 4. The number of carbonyl (C=O) groups is 1. The highest BCUT2D eigenvalue weighted by molar-refractivity contribution is 5.79. The molecule has 1 aromatic carbocycles. The van der Waals surface area contributed by atoms with Gasteiger partial charge < -0.3 is 4.90 Å². The van der Waals surface area contributed by atoms with Crippen molar-refractivity contribution >= 4 is 5.91 Å². The minimum Gasteiger partial charge on any atom is -0.342 e. The molecule has 0 saturated carbocycles. The summed E-state index contributed by atoms with van der Waals surface area (Å²) in [6.07, 6.45) is 6.26. The van der Waals surface area contributed by atoms with Crippen molar-refractivity contribution in [3.8, 4) is 5.82 Å². The zero-order chi connectivity index (χ0) is 18.6. The van der Waals surface area contributed by atoms with Crippen LogP contribution in [0, 0.1) is 6.92 Å². The third kappa shape index (κ3) is 3.92. The van der Waals surface area contributed by atoms with E-state index in [2.05, 4.69) is 11.1 Å². The molecule has 2 aromatic heterocycles. The van der Waals surface area contributed by atoms with Crippen LogP contribution in [-0.2, 0) is 11.2 Å². The maximum absolute atomic E-state index is 12.7. The molecule has 0 unspecified atom stereocenters. The van der Waals surface area contributed by atoms with E-state index in [4.69, 9.17) is 4.98 Å². The zero-order valence-corrected chi connectivity index (χ0v) is 15.6. The standard InChI is InChI=1S/C22H24N4O/c1-17-23-12-14-26(17)21-11-5-10-20(24-21)19-9-6-13-25(16-19)22(27)15-18-7-3-2-4-8-18/h2-5,7-8,10-12,14,19H,6,9,13,15-16H2,1H3/t19-/m0/s1. The lowest BCUT2D eigenvalue weighted by atomic mass is 9.93. The highest BCUT2D eigenvalue weighted by Crippen LogP contribution is 2.27. The number of carbonyl (C=O) groups excluding carboxylic acids is 1. The van der Waals surface area contributed by atoms with Gasteiger partial charge >= 0.3 is 0 Å². The van der Waals surface area contributed by atoms with Gasteiger partial charge in [0.2, 0.25) is 5.91 Å². The number of aryl methyl sites for hydroxylation is 1. The number of likely N-dealkylation sites (tertiary alicyclic amines) is 1. The predicted octanol–water partition coefficient (Wildman–Crippen LogP) is 3.52. The number of amides is 1. The molecule has 27 heavy (non-hydrogen) atoms. The molecule has 1 fully saturated rings. The summed E-state index contributed by atoms with van der Waals surface area (Å²) in [6.45, 7) is 3.55. The van der Waals surface area contributed by atoms with Crippen LogP contribution in [0.1, 0.15) is 35.8 Å². The Kier molecular flexibility index (Phi) is 5.01. The van der Waals surface area contributed by atoms with Gasteiger partial charge in [0.25, 0.3) is 0 Å². The van der Waals surface area contributed by atoms with E-state index in [1.165, 1.54) is 0 Å². The summed E-state index contributed by atoms with van der Waals surface area (Å²) in [5, 5.41) is 0. The van der Waals surface area contributed by atoms with Crippen LogP contribution < -0.4 is 0 Å². The molecule has 0 spiro atoms. The first kappa shape index (κ1) is 17.5. The topological polar surface area (TPSA) is 51.0 Å². The molecule has 0 radical (unpaired) electrons. The quantitative estimate of drug-likeness (QED) is 0.715. The van der Waals surface area contributed by atoms with Gasteiger partial charge in [0.15, 0.2) is 0 Å². The summed E-state index contributed by atoms with van der Waals surface area (Å²) in [6, 6.07) is 16.1. The molecular weight excluding hydrogens is 336 g/mol. The highest BCUT2D eigenvalue weighted by atomic mass is 16.2. The summed E-state index contributed by atoms with van der Waals surface area (Å²) in [4.78, 5) is 23.9. The second kappa shape index (κ2) is 7.74. The fourth-order valence-corrected chi connectivity index (χ4v) is 3.75. The fourth-order valence-electron chi connectivity index (χ4n) is 3.75. The smallest absolute Gasteiger partial charge is 0.227 e. The van der Waals surface area contributed by atoms with Gasteiger partial charge in [-0.1, -0.05) is 36.4 Å². The first-order chi connectivity index (χ1) is 13.2. The first-order valence-electron chi connectivity index (χ1n) is 9.49. The average molecular weight is 360 g/mol. The summed E-state index contributed by atoms with van der Waals surface area (Å²) in [5.74, 6) is 2.29. The molecule has 4 rings (SSSR count). The molecule has 5 nitrogen and oxygen atoms in total. The fraction of sp³-hybridized carbons (Fsp3) is 0.318. The van der Waals surface area contributed by atoms with Gasteiger partial charge in [-0.05, 0) is 37.5 Å². The van der Waals surface area contributed by atoms with Gasteiger partial charge in [-0.3, -0.25) is 9.36 Å². The number of piperidine rings is 1. The van der Waals surface area contributed by atoms with Crippen molar-refractivity contribution in [2.45, 2.75) is 32.1 Å². The normalized spacial score (nSPS) is 17.1. The van der Waals surface area contributed by atoms with Gasteiger partial charge in [0.1, 0.15) is 11.6 Å². The molecule has 3 heterocycles. The first-order valence-corrected chi connectivity index (χ1v) is 9.49. The molecule has 1 aliphatic heterocycles. The summed E-state index contributed by atoms with van der Waals surface area (Å²) < 4.78 is 1.99. The minimum atomic E-state index is 0.201. The number of rotatable bonds is 4. The minimum absolute atomic E-state index is 0.201. The van der Waals surface area contributed by atoms with Gasteiger partial charge in [-0.2, -0.15) is 0 Å². The van der Waals surface area contributed by atoms with Crippen molar-refractivity contribution in [2.75, 3.05) is 13.1 Å². The van der Waals surface area contributed by atoms with Crippen molar-refractivity contribution in [3.63, 3.8) is 0 Å². The number of aromatic nitrogens is 3. The van der Waals surface area contributed by atoms with Gasteiger partial charge in [0, 0.05) is 37.1 Å². The van der Waals surface area contributed by atoms with Crippen LogP contribution in [-0.4, -0.2) is 38.4 Å². The largest absolute Gasteiger partial charge is 0.342 e. The molecule has 1 amide bonds. The Morgan fingerprint density at radius 2 is 2.00 bits per heavy atom. The lowest BCUT2D eigenvalue weighted by molar-refractivity contribution is -0.131. The van der Waals surface area contributed by atoms with Crippen molar-refractivity contribution in [3.05, 3.63) is 78.0 Å². The third-order valence-corrected chi connectivity index (χ3v) is 5.22. The Labute approximate surface area is 159 Å². The van der Waals surface area contributed by atoms with Crippen LogP contribution >= 0.6 is 0 Å². The Balaban J connectivity index is 1.48. The van der Waals surface area contributed by atoms with Crippen LogP contribution in [0.4, 0.5) is 0 Å². The number of pyridine rings is 1. The number of imidazole rings is 1. The highest BCUT2D eigenvalue weighted by Gasteiger charge is 2.25. The monoisotopic (exact) mass is 360 g/mol. The van der Waals surface area contributed by atoms with E-state index >= 15 is 0 Å². The Morgan fingerprint density at radius 1 is 1.15 bits per heavy atom.